The molecular formula is C12H22O10. The summed E-state index contributed by atoms with van der Waals surface area (Å²) < 4.78 is 10.1. The maximum atomic E-state index is 11.0. The third kappa shape index (κ3) is 4.41. The molecule has 1 aliphatic heterocycles. The van der Waals surface area contributed by atoms with E-state index in [4.69, 9.17) is 14.6 Å². The molecule has 1 aliphatic rings. The van der Waals surface area contributed by atoms with Crippen molar-refractivity contribution in [1.29, 1.82) is 0 Å². The fraction of sp³-hybridized carbons (Fsp3) is 0.917. The highest BCUT2D eigenvalue weighted by Gasteiger charge is 2.43. The molecule has 1 fully saturated rings. The zero-order valence-corrected chi connectivity index (χ0v) is 11.9. The Morgan fingerprint density at radius 2 is 1.73 bits per heavy atom. The second-order valence-corrected chi connectivity index (χ2v) is 5.14. The average molecular weight is 326 g/mol. The second kappa shape index (κ2) is 8.24. The monoisotopic (exact) mass is 326 g/mol. The van der Waals surface area contributed by atoms with Crippen LogP contribution >= 0.6 is 0 Å². The van der Waals surface area contributed by atoms with Crippen molar-refractivity contribution < 1.29 is 50.0 Å². The molecule has 7 N–H and O–H groups in total. The Hall–Kier alpha value is -0.690. The summed E-state index contributed by atoms with van der Waals surface area (Å²) >= 11 is 0. The van der Waals surface area contributed by atoms with Gasteiger partial charge in [0.25, 0.3) is 0 Å². The van der Waals surface area contributed by atoms with Crippen LogP contribution < -0.4 is 0 Å². The van der Waals surface area contributed by atoms with Crippen molar-refractivity contribution in [2.45, 2.75) is 55.9 Å². The smallest absolute Gasteiger partial charge is 0.189 e. The molecule has 0 aromatic rings. The summed E-state index contributed by atoms with van der Waals surface area (Å²) in [4.78, 5) is 11.0. The first-order valence-corrected chi connectivity index (χ1v) is 6.69. The Bertz CT molecular complexity index is 364. The molecule has 0 radical (unpaired) electrons. The summed E-state index contributed by atoms with van der Waals surface area (Å²) in [7, 11) is 0. The number of ether oxygens (including phenoxy) is 2. The molecule has 0 saturated carbocycles. The van der Waals surface area contributed by atoms with Crippen LogP contribution in [-0.2, 0) is 14.3 Å². The third-order valence-electron chi connectivity index (χ3n) is 3.44. The van der Waals surface area contributed by atoms with E-state index in [1.54, 1.807) is 0 Å². The van der Waals surface area contributed by atoms with Crippen LogP contribution in [-0.4, -0.2) is 104 Å². The van der Waals surface area contributed by atoms with Crippen molar-refractivity contribution in [2.24, 2.45) is 0 Å². The molecule has 0 bridgehead atoms. The number of carbonyl (C=O) groups is 1. The zero-order valence-electron chi connectivity index (χ0n) is 11.9. The van der Waals surface area contributed by atoms with E-state index in [-0.39, 0.29) is 0 Å². The number of aliphatic hydroxyl groups is 7. The van der Waals surface area contributed by atoms with E-state index in [2.05, 4.69) is 0 Å². The molecule has 3 unspecified atom stereocenters. The Morgan fingerprint density at radius 3 is 2.27 bits per heavy atom. The van der Waals surface area contributed by atoms with Gasteiger partial charge in [-0.3, -0.25) is 4.79 Å². The lowest BCUT2D eigenvalue weighted by molar-refractivity contribution is -0.299. The van der Waals surface area contributed by atoms with E-state index in [1.807, 2.05) is 0 Å². The lowest BCUT2D eigenvalue weighted by Crippen LogP contribution is -2.58. The van der Waals surface area contributed by atoms with E-state index in [9.17, 15) is 35.4 Å². The van der Waals surface area contributed by atoms with E-state index >= 15 is 0 Å². The normalized spacial score (nSPS) is 36.6. The Morgan fingerprint density at radius 1 is 1.14 bits per heavy atom. The highest BCUT2D eigenvalue weighted by Crippen LogP contribution is 2.22. The van der Waals surface area contributed by atoms with E-state index in [0.29, 0.717) is 0 Å². The summed E-state index contributed by atoms with van der Waals surface area (Å²) in [6, 6.07) is 0. The minimum absolute atomic E-state index is 0.631. The Labute approximate surface area is 126 Å². The maximum absolute atomic E-state index is 11.0. The standard InChI is InChI=1S/C12H22O10/c1-4-7(16)10(19)11(20)12(22-4)21-3-6(15)9(18)8(17)5(14)2-13/h4,6-13,15-20H,2-3H2,1H3/t4-,6?,7-,8?,9?,10+,11+,12+/m0/s1. The Balaban J connectivity index is 2.53. The van der Waals surface area contributed by atoms with Crippen molar-refractivity contribution in [1.82, 2.24) is 0 Å². The predicted octanol–water partition coefficient (Wildman–Crippen LogP) is -4.53. The van der Waals surface area contributed by atoms with Crippen LogP contribution in [0.1, 0.15) is 6.92 Å². The van der Waals surface area contributed by atoms with Crippen LogP contribution in [0, 0.1) is 0 Å². The lowest BCUT2D eigenvalue weighted by atomic mass is 10.00. The number of carbonyl (C=O) groups excluding carboxylic acids is 1. The first-order valence-electron chi connectivity index (χ1n) is 6.69. The minimum atomic E-state index is -1.99. The Kier molecular flexibility index (Phi) is 7.25. The van der Waals surface area contributed by atoms with Gasteiger partial charge in [0, 0.05) is 0 Å². The van der Waals surface area contributed by atoms with Crippen LogP contribution in [0.2, 0.25) is 0 Å². The molecule has 130 valence electrons. The largest absolute Gasteiger partial charge is 0.388 e. The molecule has 0 spiro atoms. The summed E-state index contributed by atoms with van der Waals surface area (Å²) in [5, 5.41) is 65.8. The first-order chi connectivity index (χ1) is 10.2. The van der Waals surface area contributed by atoms with Gasteiger partial charge in [0.2, 0.25) is 0 Å². The SMILES string of the molecule is C[C@@H]1O[C@@H](OCC(O)C(O)C(O)C(=O)CO)[C@H](O)[C@H](O)[C@H]1O. The summed E-state index contributed by atoms with van der Waals surface area (Å²) in [6.07, 6.45) is -12.2. The van der Waals surface area contributed by atoms with Crippen molar-refractivity contribution >= 4 is 5.78 Å². The van der Waals surface area contributed by atoms with Gasteiger partial charge in [-0.1, -0.05) is 0 Å². The number of Topliss-reactive ketones (excluding diaryl/α,β-unsaturated/α-hetero) is 1. The number of aliphatic hydroxyl groups excluding tert-OH is 7. The van der Waals surface area contributed by atoms with Crippen molar-refractivity contribution in [3.05, 3.63) is 0 Å². The molecule has 1 rings (SSSR count). The topological polar surface area (TPSA) is 177 Å². The van der Waals surface area contributed by atoms with Gasteiger partial charge < -0.3 is 45.2 Å². The lowest BCUT2D eigenvalue weighted by Gasteiger charge is -2.39. The predicted molar refractivity (Wildman–Crippen MR) is 68.4 cm³/mol. The maximum Gasteiger partial charge on any atom is 0.189 e. The van der Waals surface area contributed by atoms with E-state index < -0.39 is 68.0 Å². The van der Waals surface area contributed by atoms with Gasteiger partial charge in [-0.15, -0.1) is 0 Å². The molecule has 0 amide bonds. The molecular weight excluding hydrogens is 304 g/mol. The van der Waals surface area contributed by atoms with Gasteiger partial charge in [-0.25, -0.2) is 0 Å². The van der Waals surface area contributed by atoms with Gasteiger partial charge in [0.1, 0.15) is 43.2 Å². The molecule has 22 heavy (non-hydrogen) atoms. The number of hydrogen-bond donors (Lipinski definition) is 7. The van der Waals surface area contributed by atoms with Gasteiger partial charge in [0.05, 0.1) is 12.7 Å². The molecule has 10 heteroatoms. The molecule has 0 aliphatic carbocycles. The van der Waals surface area contributed by atoms with Crippen LogP contribution in [0.3, 0.4) is 0 Å². The van der Waals surface area contributed by atoms with Crippen LogP contribution in [0.5, 0.6) is 0 Å². The quantitative estimate of drug-likeness (QED) is 0.241. The third-order valence-corrected chi connectivity index (χ3v) is 3.44. The molecule has 10 nitrogen and oxygen atoms in total. The van der Waals surface area contributed by atoms with Crippen molar-refractivity contribution in [3.8, 4) is 0 Å². The van der Waals surface area contributed by atoms with Crippen molar-refractivity contribution in [3.63, 3.8) is 0 Å². The number of rotatable bonds is 7. The van der Waals surface area contributed by atoms with Crippen molar-refractivity contribution in [2.75, 3.05) is 13.2 Å². The van der Waals surface area contributed by atoms with Gasteiger partial charge in [-0.05, 0) is 6.92 Å². The number of ketones is 1. The molecule has 0 aromatic carbocycles. The van der Waals surface area contributed by atoms with Gasteiger partial charge in [-0.2, -0.15) is 0 Å². The fourth-order valence-corrected chi connectivity index (χ4v) is 1.94. The minimum Gasteiger partial charge on any atom is -0.388 e. The second-order valence-electron chi connectivity index (χ2n) is 5.14. The molecule has 0 aromatic heterocycles. The number of hydrogen-bond acceptors (Lipinski definition) is 10. The first kappa shape index (κ1) is 19.4. The highest BCUT2D eigenvalue weighted by atomic mass is 16.7. The molecule has 1 heterocycles. The van der Waals surface area contributed by atoms with Gasteiger partial charge in [0.15, 0.2) is 12.1 Å². The van der Waals surface area contributed by atoms with E-state index in [1.165, 1.54) is 6.92 Å². The van der Waals surface area contributed by atoms with Crippen LogP contribution in [0.25, 0.3) is 0 Å². The van der Waals surface area contributed by atoms with Gasteiger partial charge >= 0.3 is 0 Å². The summed E-state index contributed by atoms with van der Waals surface area (Å²) in [6.45, 7) is -0.197. The average Bonchev–Trinajstić information content (AvgIpc) is 2.52. The molecule has 1 saturated heterocycles. The van der Waals surface area contributed by atoms with E-state index in [0.717, 1.165) is 0 Å². The van der Waals surface area contributed by atoms with Crippen LogP contribution in [0.4, 0.5) is 0 Å². The zero-order chi connectivity index (χ0) is 17.0. The van der Waals surface area contributed by atoms with Crippen LogP contribution in [0.15, 0.2) is 0 Å². The summed E-state index contributed by atoms with van der Waals surface area (Å²) in [5.41, 5.74) is 0. The fourth-order valence-electron chi connectivity index (χ4n) is 1.94. The molecule has 8 atom stereocenters. The summed E-state index contributed by atoms with van der Waals surface area (Å²) in [5.74, 6) is -1.08. The highest BCUT2D eigenvalue weighted by molar-refractivity contribution is 5.84.